The molecule has 1 aromatic rings. The molecule has 0 amide bonds. The van der Waals surface area contributed by atoms with E-state index in [9.17, 15) is 31.7 Å². The topological polar surface area (TPSA) is 125 Å². The quantitative estimate of drug-likeness (QED) is 0.651. The second-order valence-corrected chi connectivity index (χ2v) is 4.78. The number of hydrogen-bond donors (Lipinski definition) is 1. The van der Waals surface area contributed by atoms with Crippen LogP contribution < -0.4 is 9.88 Å². The Morgan fingerprint density at radius 3 is 2.37 bits per heavy atom. The number of halogens is 3. The number of nitrogens with zero attached hydrogens (tertiary/aromatic N) is 2. The average Bonchev–Trinajstić information content (AvgIpc) is 2.16. The molecule has 0 aliphatic carbocycles. The summed E-state index contributed by atoms with van der Waals surface area (Å²) in [6.07, 6.45) is -4.90. The summed E-state index contributed by atoms with van der Waals surface area (Å²) in [5, 5.41) is 15.2. The van der Waals surface area contributed by atoms with Gasteiger partial charge < -0.3 is 14.9 Å². The number of sulfonamides is 1. The van der Waals surface area contributed by atoms with Crippen LogP contribution in [0.5, 0.6) is 5.75 Å². The predicted octanol–water partition coefficient (Wildman–Crippen LogP) is 0.844. The molecule has 0 aromatic carbocycles. The van der Waals surface area contributed by atoms with Crippen LogP contribution >= 0.6 is 0 Å². The Morgan fingerprint density at radius 1 is 1.47 bits per heavy atom. The lowest BCUT2D eigenvalue weighted by atomic mass is 10.2. The largest absolute Gasteiger partial charge is 0.573 e. The van der Waals surface area contributed by atoms with E-state index < -0.39 is 43.3 Å². The van der Waals surface area contributed by atoms with Crippen molar-refractivity contribution in [3.63, 3.8) is 0 Å². The summed E-state index contributed by atoms with van der Waals surface area (Å²) in [6, 6.07) is 0. The summed E-state index contributed by atoms with van der Waals surface area (Å²) in [6.45, 7) is 0.862. The lowest BCUT2D eigenvalue weighted by molar-refractivity contribution is -0.390. The minimum absolute atomic E-state index is 0.335. The van der Waals surface area contributed by atoms with E-state index in [1.165, 1.54) is 0 Å². The van der Waals surface area contributed by atoms with E-state index >= 15 is 0 Å². The van der Waals surface area contributed by atoms with Gasteiger partial charge in [0.1, 0.15) is 0 Å². The molecule has 1 heterocycles. The monoisotopic (exact) mass is 301 g/mol. The van der Waals surface area contributed by atoms with Gasteiger partial charge in [-0.3, -0.25) is 0 Å². The number of aromatic nitrogens is 1. The van der Waals surface area contributed by atoms with Crippen molar-refractivity contribution in [1.82, 2.24) is 4.98 Å². The van der Waals surface area contributed by atoms with E-state index in [1.54, 1.807) is 0 Å². The van der Waals surface area contributed by atoms with E-state index in [-0.39, 0.29) is 0 Å². The van der Waals surface area contributed by atoms with Crippen molar-refractivity contribution in [2.75, 3.05) is 0 Å². The van der Waals surface area contributed by atoms with E-state index in [1.807, 2.05) is 0 Å². The lowest BCUT2D eigenvalue weighted by Gasteiger charge is -2.13. The Labute approximate surface area is 104 Å². The molecule has 2 N–H and O–H groups in total. The van der Waals surface area contributed by atoms with E-state index in [0.29, 0.717) is 6.20 Å². The van der Waals surface area contributed by atoms with Crippen molar-refractivity contribution < 1.29 is 31.2 Å². The molecule has 0 saturated carbocycles. The van der Waals surface area contributed by atoms with Gasteiger partial charge in [-0.1, -0.05) is 0 Å². The number of nitro groups is 1. The summed E-state index contributed by atoms with van der Waals surface area (Å²) in [7, 11) is -4.58. The third-order valence-corrected chi connectivity index (χ3v) is 2.80. The number of nitrogens with two attached hydrogens (primary N) is 1. The molecule has 1 aromatic heterocycles. The lowest BCUT2D eigenvalue weighted by Crippen LogP contribution is -2.22. The zero-order valence-corrected chi connectivity index (χ0v) is 9.95. The van der Waals surface area contributed by atoms with Crippen molar-refractivity contribution in [1.29, 1.82) is 0 Å². The highest BCUT2D eigenvalue weighted by molar-refractivity contribution is 7.89. The number of alkyl halides is 3. The van der Waals surface area contributed by atoms with Crippen LogP contribution in [0.25, 0.3) is 0 Å². The van der Waals surface area contributed by atoms with Crippen LogP contribution in [0.2, 0.25) is 0 Å². The third-order valence-electron chi connectivity index (χ3n) is 1.90. The molecule has 0 bridgehead atoms. The number of pyridine rings is 1. The van der Waals surface area contributed by atoms with Crippen molar-refractivity contribution in [3.05, 3.63) is 21.9 Å². The fraction of sp³-hybridized carbons (Fsp3) is 0.286. The second-order valence-electron chi connectivity index (χ2n) is 3.25. The first kappa shape index (κ1) is 15.1. The normalized spacial score (nSPS) is 12.3. The standard InChI is InChI=1S/C7H6F3N3O5S/c1-3-5(18-7(8,9)10)4(19(11,16)17)2-12-6(3)13(14)15/h2H,1H3,(H2,11,16,17). The molecular formula is C7H6F3N3O5S. The molecule has 0 unspecified atom stereocenters. The van der Waals surface area contributed by atoms with Crippen molar-refractivity contribution in [3.8, 4) is 5.75 Å². The molecule has 0 atom stereocenters. The van der Waals surface area contributed by atoms with Gasteiger partial charge in [-0.25, -0.2) is 13.6 Å². The summed E-state index contributed by atoms with van der Waals surface area (Å²) >= 11 is 0. The minimum atomic E-state index is -5.24. The van der Waals surface area contributed by atoms with Crippen molar-refractivity contribution in [2.45, 2.75) is 18.2 Å². The summed E-state index contributed by atoms with van der Waals surface area (Å²) in [5.41, 5.74) is -0.700. The average molecular weight is 301 g/mol. The first-order chi connectivity index (χ1) is 8.43. The van der Waals surface area contributed by atoms with Gasteiger partial charge in [0, 0.05) is 0 Å². The molecule has 19 heavy (non-hydrogen) atoms. The Kier molecular flexibility index (Phi) is 3.67. The highest BCUT2D eigenvalue weighted by Crippen LogP contribution is 2.35. The highest BCUT2D eigenvalue weighted by atomic mass is 32.2. The third kappa shape index (κ3) is 3.51. The fourth-order valence-corrected chi connectivity index (χ4v) is 1.84. The second kappa shape index (κ2) is 4.62. The maximum atomic E-state index is 12.2. The van der Waals surface area contributed by atoms with Gasteiger partial charge in [0.25, 0.3) is 0 Å². The molecule has 106 valence electrons. The van der Waals surface area contributed by atoms with Crippen LogP contribution in [0.1, 0.15) is 5.56 Å². The summed E-state index contributed by atoms with van der Waals surface area (Å²) in [4.78, 5) is 11.5. The van der Waals surface area contributed by atoms with Gasteiger partial charge in [0.2, 0.25) is 10.0 Å². The van der Waals surface area contributed by atoms with Gasteiger partial charge >= 0.3 is 12.2 Å². The number of primary sulfonamides is 1. The molecule has 1 rings (SSSR count). The molecule has 0 aliphatic rings. The van der Waals surface area contributed by atoms with Gasteiger partial charge in [-0.2, -0.15) is 0 Å². The number of ether oxygens (including phenoxy) is 1. The maximum Gasteiger partial charge on any atom is 0.573 e. The van der Waals surface area contributed by atoms with Crippen LogP contribution in [0.4, 0.5) is 19.0 Å². The molecular weight excluding hydrogens is 295 g/mol. The molecule has 0 spiro atoms. The zero-order chi connectivity index (χ0) is 15.0. The Morgan fingerprint density at radius 2 is 2.00 bits per heavy atom. The summed E-state index contributed by atoms with van der Waals surface area (Å²) < 4.78 is 62.2. The molecule has 8 nitrogen and oxygen atoms in total. The van der Waals surface area contributed by atoms with Gasteiger partial charge in [0.05, 0.1) is 5.56 Å². The first-order valence-electron chi connectivity index (χ1n) is 4.36. The Hall–Kier alpha value is -1.95. The van der Waals surface area contributed by atoms with Crippen molar-refractivity contribution in [2.24, 2.45) is 5.14 Å². The predicted molar refractivity (Wildman–Crippen MR) is 53.7 cm³/mol. The maximum absolute atomic E-state index is 12.2. The number of rotatable bonds is 3. The van der Waals surface area contributed by atoms with Gasteiger partial charge in [0.15, 0.2) is 16.8 Å². The van der Waals surface area contributed by atoms with E-state index in [2.05, 4.69) is 14.9 Å². The van der Waals surface area contributed by atoms with E-state index in [4.69, 9.17) is 0 Å². The molecule has 0 radical (unpaired) electrons. The van der Waals surface area contributed by atoms with Crippen molar-refractivity contribution >= 4 is 15.8 Å². The van der Waals surface area contributed by atoms with Crippen LogP contribution in [0.15, 0.2) is 11.1 Å². The molecule has 12 heteroatoms. The Balaban J connectivity index is 3.60. The first-order valence-corrected chi connectivity index (χ1v) is 5.90. The van der Waals surface area contributed by atoms with Crippen LogP contribution in [-0.4, -0.2) is 24.7 Å². The van der Waals surface area contributed by atoms with E-state index in [0.717, 1.165) is 6.92 Å². The smallest absolute Gasteiger partial charge is 0.404 e. The highest BCUT2D eigenvalue weighted by Gasteiger charge is 2.37. The number of hydrogen-bond acceptors (Lipinski definition) is 6. The van der Waals surface area contributed by atoms with Gasteiger partial charge in [-0.05, 0) is 16.8 Å². The summed E-state index contributed by atoms with van der Waals surface area (Å²) in [5.74, 6) is -2.23. The van der Waals surface area contributed by atoms with Gasteiger partial charge in [-0.15, -0.1) is 13.2 Å². The molecule has 0 aliphatic heterocycles. The zero-order valence-electron chi connectivity index (χ0n) is 9.13. The minimum Gasteiger partial charge on any atom is -0.404 e. The molecule has 0 fully saturated rings. The van der Waals surface area contributed by atoms with Crippen LogP contribution in [0, 0.1) is 17.0 Å². The van der Waals surface area contributed by atoms with Crippen LogP contribution in [0.3, 0.4) is 0 Å². The SMILES string of the molecule is Cc1c([N+](=O)[O-])ncc(S(N)(=O)=O)c1OC(F)(F)F. The fourth-order valence-electron chi connectivity index (χ4n) is 1.19. The Bertz CT molecular complexity index is 628. The molecule has 0 saturated heterocycles. The van der Waals surface area contributed by atoms with Crippen LogP contribution in [-0.2, 0) is 10.0 Å².